The Balaban J connectivity index is 1.43. The minimum absolute atomic E-state index is 0.0210. The summed E-state index contributed by atoms with van der Waals surface area (Å²) < 4.78 is 40.7. The molecule has 1 aliphatic rings. The van der Waals surface area contributed by atoms with Gasteiger partial charge < -0.3 is 10.0 Å². The average molecular weight is 487 g/mol. The first-order valence-electron chi connectivity index (χ1n) is 10.4. The standard InChI is InChI=1S/C23H26ClF3N2O2S/c1-16-11-18(15-22(30)31)13-19(12-16)32-29-9-7-28(8-10-29)6-2-3-17-4-5-20(21(24)14-17)23(25,26)27/h4-5,11-14H,2-3,6-10,15H2,1H3,(H,30,31). The summed E-state index contributed by atoms with van der Waals surface area (Å²) in [6.45, 7) is 6.45. The van der Waals surface area contributed by atoms with Gasteiger partial charge in [0.2, 0.25) is 0 Å². The van der Waals surface area contributed by atoms with E-state index in [1.807, 2.05) is 19.1 Å². The predicted octanol–water partition coefficient (Wildman–Crippen LogP) is 5.55. The van der Waals surface area contributed by atoms with E-state index in [2.05, 4.69) is 15.3 Å². The van der Waals surface area contributed by atoms with Crippen molar-refractivity contribution in [3.8, 4) is 0 Å². The van der Waals surface area contributed by atoms with Crippen molar-refractivity contribution in [3.63, 3.8) is 0 Å². The third-order valence-electron chi connectivity index (χ3n) is 5.31. The molecule has 0 saturated carbocycles. The van der Waals surface area contributed by atoms with Crippen LogP contribution in [0.4, 0.5) is 13.2 Å². The second-order valence-electron chi connectivity index (χ2n) is 8.00. The van der Waals surface area contributed by atoms with Gasteiger partial charge in [-0.2, -0.15) is 13.2 Å². The molecule has 2 aromatic rings. The van der Waals surface area contributed by atoms with Gasteiger partial charge >= 0.3 is 12.1 Å². The quantitative estimate of drug-likeness (QED) is 0.495. The molecule has 3 rings (SSSR count). The number of rotatable bonds is 8. The van der Waals surface area contributed by atoms with Gasteiger partial charge in [0.05, 0.1) is 17.0 Å². The van der Waals surface area contributed by atoms with Crippen LogP contribution in [0.5, 0.6) is 0 Å². The normalized spacial score (nSPS) is 15.8. The van der Waals surface area contributed by atoms with E-state index in [0.29, 0.717) is 6.42 Å². The minimum atomic E-state index is -4.43. The van der Waals surface area contributed by atoms with Gasteiger partial charge in [-0.05, 0) is 79.2 Å². The van der Waals surface area contributed by atoms with Gasteiger partial charge in [-0.15, -0.1) is 0 Å². The summed E-state index contributed by atoms with van der Waals surface area (Å²) >= 11 is 7.46. The van der Waals surface area contributed by atoms with Crippen LogP contribution in [-0.4, -0.2) is 53.0 Å². The number of carbonyl (C=O) groups is 1. The van der Waals surface area contributed by atoms with Gasteiger partial charge in [0.25, 0.3) is 0 Å². The first-order chi connectivity index (χ1) is 15.1. The highest BCUT2D eigenvalue weighted by Gasteiger charge is 2.33. The molecule has 0 aliphatic carbocycles. The highest BCUT2D eigenvalue weighted by molar-refractivity contribution is 7.97. The number of piperazine rings is 1. The maximum atomic E-state index is 12.8. The highest BCUT2D eigenvalue weighted by Crippen LogP contribution is 2.35. The molecule has 9 heteroatoms. The zero-order chi connectivity index (χ0) is 23.3. The second-order valence-corrected chi connectivity index (χ2v) is 9.58. The van der Waals surface area contributed by atoms with Crippen molar-refractivity contribution in [1.29, 1.82) is 0 Å². The molecule has 1 N–H and O–H groups in total. The Hall–Kier alpha value is -1.74. The number of hydrogen-bond acceptors (Lipinski definition) is 4. The van der Waals surface area contributed by atoms with Crippen LogP contribution in [0.3, 0.4) is 0 Å². The molecule has 1 fully saturated rings. The molecule has 0 unspecified atom stereocenters. The van der Waals surface area contributed by atoms with E-state index < -0.39 is 17.7 Å². The van der Waals surface area contributed by atoms with Gasteiger partial charge in [-0.3, -0.25) is 4.79 Å². The fourth-order valence-electron chi connectivity index (χ4n) is 3.80. The van der Waals surface area contributed by atoms with Crippen molar-refractivity contribution in [2.75, 3.05) is 32.7 Å². The number of alkyl halides is 3. The summed E-state index contributed by atoms with van der Waals surface area (Å²) in [6.07, 6.45) is -2.87. The zero-order valence-corrected chi connectivity index (χ0v) is 19.4. The SMILES string of the molecule is Cc1cc(CC(=O)O)cc(SN2CCN(CCCc3ccc(C(F)(F)F)c(Cl)c3)CC2)c1. The number of benzene rings is 2. The molecule has 174 valence electrons. The van der Waals surface area contributed by atoms with Gasteiger partial charge in [-0.25, -0.2) is 4.31 Å². The third-order valence-corrected chi connectivity index (χ3v) is 6.69. The number of hydrogen-bond donors (Lipinski definition) is 1. The number of halogens is 4. The second kappa shape index (κ2) is 10.9. The van der Waals surface area contributed by atoms with Crippen LogP contribution in [0.25, 0.3) is 0 Å². The molecule has 1 saturated heterocycles. The topological polar surface area (TPSA) is 43.8 Å². The number of aliphatic carboxylic acids is 1. The Morgan fingerprint density at radius 3 is 2.44 bits per heavy atom. The Kier molecular flexibility index (Phi) is 8.49. The maximum absolute atomic E-state index is 12.8. The number of carboxylic acids is 1. The average Bonchev–Trinajstić information content (AvgIpc) is 2.67. The van der Waals surface area contributed by atoms with Crippen LogP contribution < -0.4 is 0 Å². The Morgan fingerprint density at radius 1 is 1.09 bits per heavy atom. The zero-order valence-electron chi connectivity index (χ0n) is 17.8. The summed E-state index contributed by atoms with van der Waals surface area (Å²) in [5.41, 5.74) is 1.88. The lowest BCUT2D eigenvalue weighted by atomic mass is 10.1. The van der Waals surface area contributed by atoms with E-state index >= 15 is 0 Å². The first kappa shape index (κ1) is 24.9. The summed E-state index contributed by atoms with van der Waals surface area (Å²) in [6, 6.07) is 9.88. The smallest absolute Gasteiger partial charge is 0.417 e. The summed E-state index contributed by atoms with van der Waals surface area (Å²) in [4.78, 5) is 14.4. The van der Waals surface area contributed by atoms with E-state index in [4.69, 9.17) is 16.7 Å². The van der Waals surface area contributed by atoms with Crippen molar-refractivity contribution >= 4 is 29.5 Å². The highest BCUT2D eigenvalue weighted by atomic mass is 35.5. The van der Waals surface area contributed by atoms with E-state index in [9.17, 15) is 18.0 Å². The number of aryl methyl sites for hydroxylation is 2. The summed E-state index contributed by atoms with van der Waals surface area (Å²) in [5.74, 6) is -0.835. The van der Waals surface area contributed by atoms with Crippen LogP contribution in [-0.2, 0) is 23.8 Å². The van der Waals surface area contributed by atoms with Gasteiger partial charge in [0, 0.05) is 31.1 Å². The molecule has 0 atom stereocenters. The molecule has 4 nitrogen and oxygen atoms in total. The minimum Gasteiger partial charge on any atom is -0.481 e. The fraction of sp³-hybridized carbons (Fsp3) is 0.435. The van der Waals surface area contributed by atoms with E-state index in [0.717, 1.165) is 66.8 Å². The number of carboxylic acid groups (broad SMARTS) is 1. The lowest BCUT2D eigenvalue weighted by molar-refractivity contribution is -0.138. The lowest BCUT2D eigenvalue weighted by Crippen LogP contribution is -2.43. The third kappa shape index (κ3) is 7.40. The van der Waals surface area contributed by atoms with Crippen molar-refractivity contribution < 1.29 is 23.1 Å². The van der Waals surface area contributed by atoms with E-state index in [1.54, 1.807) is 11.9 Å². The monoisotopic (exact) mass is 486 g/mol. The van der Waals surface area contributed by atoms with Gasteiger partial charge in [0.15, 0.2) is 0 Å². The van der Waals surface area contributed by atoms with Crippen molar-refractivity contribution in [2.45, 2.75) is 37.3 Å². The molecule has 0 aromatic heterocycles. The Labute approximate surface area is 195 Å². The lowest BCUT2D eigenvalue weighted by Gasteiger charge is -2.34. The first-order valence-corrected chi connectivity index (χ1v) is 11.6. The molecule has 0 amide bonds. The van der Waals surface area contributed by atoms with Crippen LogP contribution in [0.15, 0.2) is 41.3 Å². The molecule has 0 spiro atoms. The molecule has 0 radical (unpaired) electrons. The molecule has 2 aromatic carbocycles. The van der Waals surface area contributed by atoms with Crippen LogP contribution in [0, 0.1) is 6.92 Å². The van der Waals surface area contributed by atoms with Crippen molar-refractivity contribution in [2.24, 2.45) is 0 Å². The van der Waals surface area contributed by atoms with Crippen LogP contribution >= 0.6 is 23.5 Å². The van der Waals surface area contributed by atoms with Crippen LogP contribution in [0.1, 0.15) is 28.7 Å². The van der Waals surface area contributed by atoms with Gasteiger partial charge in [-0.1, -0.05) is 23.7 Å². The largest absolute Gasteiger partial charge is 0.481 e. The molecule has 32 heavy (non-hydrogen) atoms. The summed E-state index contributed by atoms with van der Waals surface area (Å²) in [7, 11) is 0. The maximum Gasteiger partial charge on any atom is 0.417 e. The van der Waals surface area contributed by atoms with Crippen molar-refractivity contribution in [3.05, 3.63) is 63.7 Å². The molecular formula is C23H26ClF3N2O2S. The Morgan fingerprint density at radius 2 is 1.81 bits per heavy atom. The van der Waals surface area contributed by atoms with Crippen molar-refractivity contribution in [1.82, 2.24) is 9.21 Å². The predicted molar refractivity (Wildman–Crippen MR) is 121 cm³/mol. The molecular weight excluding hydrogens is 461 g/mol. The number of nitrogens with zero attached hydrogens (tertiary/aromatic N) is 2. The summed E-state index contributed by atoms with van der Waals surface area (Å²) in [5, 5.41) is 8.78. The van der Waals surface area contributed by atoms with Crippen LogP contribution in [0.2, 0.25) is 5.02 Å². The molecule has 1 aliphatic heterocycles. The Bertz CT molecular complexity index is 947. The van der Waals surface area contributed by atoms with E-state index in [-0.39, 0.29) is 11.4 Å². The molecule has 0 bridgehead atoms. The van der Waals surface area contributed by atoms with E-state index in [1.165, 1.54) is 12.1 Å². The fourth-order valence-corrected chi connectivity index (χ4v) is 5.20. The van der Waals surface area contributed by atoms with Gasteiger partial charge in [0.1, 0.15) is 0 Å². The molecule has 1 heterocycles.